The van der Waals surface area contributed by atoms with Gasteiger partial charge in [-0.15, -0.1) is 0 Å². The summed E-state index contributed by atoms with van der Waals surface area (Å²) in [6, 6.07) is 1.08. The van der Waals surface area contributed by atoms with E-state index in [2.05, 4.69) is 31.1 Å². The maximum atomic E-state index is 4.55. The molecule has 1 rings (SSSR count). The van der Waals surface area contributed by atoms with Crippen LogP contribution in [0.5, 0.6) is 0 Å². The molecule has 1 aliphatic rings. The molecule has 11 heavy (non-hydrogen) atoms. The van der Waals surface area contributed by atoms with Crippen molar-refractivity contribution in [2.45, 2.75) is 46.2 Å². The molecule has 0 aromatic heterocycles. The Morgan fingerprint density at radius 2 is 2.18 bits per heavy atom. The third-order valence-corrected chi connectivity index (χ3v) is 2.27. The number of hydrogen-bond acceptors (Lipinski definition) is 2. The van der Waals surface area contributed by atoms with Gasteiger partial charge >= 0.3 is 0 Å². The Labute approximate surface area is 69.1 Å². The first-order valence-corrected chi connectivity index (χ1v) is 4.46. The molecule has 0 saturated heterocycles. The van der Waals surface area contributed by atoms with E-state index in [1.165, 1.54) is 6.42 Å². The molecule has 0 aliphatic carbocycles. The highest BCUT2D eigenvalue weighted by Crippen LogP contribution is 2.17. The average Bonchev–Trinajstić information content (AvgIpc) is 2.30. The molecular formula is C9H18N2. The van der Waals surface area contributed by atoms with Crippen molar-refractivity contribution in [1.29, 1.82) is 0 Å². The minimum absolute atomic E-state index is 0.500. The Balaban J connectivity index is 2.61. The summed E-state index contributed by atoms with van der Waals surface area (Å²) < 4.78 is 0. The summed E-state index contributed by atoms with van der Waals surface area (Å²) in [6.07, 6.45) is 1.17. The summed E-state index contributed by atoms with van der Waals surface area (Å²) in [6.45, 7) is 8.72. The lowest BCUT2D eigenvalue weighted by molar-refractivity contribution is 0.411. The Morgan fingerprint density at radius 3 is 2.55 bits per heavy atom. The molecule has 0 radical (unpaired) electrons. The predicted molar refractivity (Wildman–Crippen MR) is 48.9 cm³/mol. The molecule has 64 valence electrons. The van der Waals surface area contributed by atoms with Crippen molar-refractivity contribution in [2.24, 2.45) is 10.9 Å². The second-order valence-electron chi connectivity index (χ2n) is 3.61. The highest BCUT2D eigenvalue weighted by Gasteiger charge is 2.27. The summed E-state index contributed by atoms with van der Waals surface area (Å²) >= 11 is 0. The van der Waals surface area contributed by atoms with Crippen LogP contribution in [0.1, 0.15) is 34.1 Å². The first-order valence-electron chi connectivity index (χ1n) is 4.46. The first-order chi connectivity index (χ1) is 5.15. The Morgan fingerprint density at radius 1 is 1.55 bits per heavy atom. The molecule has 0 amide bonds. The lowest BCUT2D eigenvalue weighted by Crippen LogP contribution is -2.35. The van der Waals surface area contributed by atoms with E-state index < -0.39 is 0 Å². The normalized spacial score (nSPS) is 30.5. The summed E-state index contributed by atoms with van der Waals surface area (Å²) in [5.74, 6) is 1.76. The molecule has 2 heteroatoms. The fraction of sp³-hybridized carbons (Fsp3) is 0.889. The van der Waals surface area contributed by atoms with Gasteiger partial charge in [0.15, 0.2) is 0 Å². The van der Waals surface area contributed by atoms with Crippen LogP contribution in [-0.4, -0.2) is 17.9 Å². The maximum Gasteiger partial charge on any atom is 0.0939 e. The van der Waals surface area contributed by atoms with Gasteiger partial charge in [-0.05, 0) is 19.3 Å². The quantitative estimate of drug-likeness (QED) is 0.644. The molecule has 0 saturated carbocycles. The molecule has 2 atom stereocenters. The van der Waals surface area contributed by atoms with Crippen molar-refractivity contribution >= 4 is 5.84 Å². The molecule has 0 spiro atoms. The van der Waals surface area contributed by atoms with Crippen molar-refractivity contribution in [2.75, 3.05) is 0 Å². The molecule has 0 aromatic carbocycles. The zero-order valence-electron chi connectivity index (χ0n) is 7.89. The van der Waals surface area contributed by atoms with Gasteiger partial charge in [0.1, 0.15) is 0 Å². The first kappa shape index (κ1) is 8.57. The van der Waals surface area contributed by atoms with E-state index in [0.717, 1.165) is 5.84 Å². The van der Waals surface area contributed by atoms with Crippen molar-refractivity contribution in [3.63, 3.8) is 0 Å². The maximum absolute atomic E-state index is 4.55. The van der Waals surface area contributed by atoms with Crippen LogP contribution >= 0.6 is 0 Å². The largest absolute Gasteiger partial charge is 0.369 e. The summed E-state index contributed by atoms with van der Waals surface area (Å²) in [4.78, 5) is 4.55. The zero-order valence-corrected chi connectivity index (χ0v) is 7.89. The van der Waals surface area contributed by atoms with Gasteiger partial charge in [-0.25, -0.2) is 0 Å². The Bertz CT molecular complexity index is 161. The molecule has 0 bridgehead atoms. The van der Waals surface area contributed by atoms with Crippen LogP contribution in [0.3, 0.4) is 0 Å². The van der Waals surface area contributed by atoms with Gasteiger partial charge in [-0.3, -0.25) is 4.99 Å². The van der Waals surface area contributed by atoms with Gasteiger partial charge in [0.05, 0.1) is 11.9 Å². The predicted octanol–water partition coefficient (Wildman–Crippen LogP) is 1.81. The average molecular weight is 154 g/mol. The molecule has 0 aromatic rings. The fourth-order valence-electron chi connectivity index (χ4n) is 1.66. The molecule has 2 unspecified atom stereocenters. The van der Waals surface area contributed by atoms with Gasteiger partial charge < -0.3 is 5.32 Å². The van der Waals surface area contributed by atoms with Gasteiger partial charge in [0, 0.05) is 6.04 Å². The highest BCUT2D eigenvalue weighted by molar-refractivity contribution is 5.81. The third-order valence-electron chi connectivity index (χ3n) is 2.27. The summed E-state index contributed by atoms with van der Waals surface area (Å²) in [5.41, 5.74) is 0. The number of nitrogens with zero attached hydrogens (tertiary/aromatic N) is 1. The number of rotatable bonds is 2. The summed E-state index contributed by atoms with van der Waals surface area (Å²) in [7, 11) is 0. The number of hydrogen-bond donors (Lipinski definition) is 1. The molecule has 0 fully saturated rings. The van der Waals surface area contributed by atoms with Crippen molar-refractivity contribution in [3.8, 4) is 0 Å². The van der Waals surface area contributed by atoms with E-state index in [1.54, 1.807) is 0 Å². The van der Waals surface area contributed by atoms with Crippen LogP contribution < -0.4 is 5.32 Å². The third kappa shape index (κ3) is 1.73. The van der Waals surface area contributed by atoms with E-state index in [0.29, 0.717) is 18.0 Å². The van der Waals surface area contributed by atoms with E-state index in [1.807, 2.05) is 6.92 Å². The second-order valence-corrected chi connectivity index (χ2v) is 3.61. The minimum atomic E-state index is 0.500. The molecule has 1 heterocycles. The van der Waals surface area contributed by atoms with E-state index in [4.69, 9.17) is 0 Å². The Hall–Kier alpha value is -0.530. The number of aliphatic imine (C=N–C) groups is 1. The fourth-order valence-corrected chi connectivity index (χ4v) is 1.66. The van der Waals surface area contributed by atoms with Gasteiger partial charge in [-0.1, -0.05) is 20.8 Å². The molecular weight excluding hydrogens is 136 g/mol. The van der Waals surface area contributed by atoms with Crippen molar-refractivity contribution in [3.05, 3.63) is 0 Å². The van der Waals surface area contributed by atoms with Crippen LogP contribution in [0, 0.1) is 5.92 Å². The topological polar surface area (TPSA) is 24.4 Å². The highest BCUT2D eigenvalue weighted by atomic mass is 15.1. The van der Waals surface area contributed by atoms with Gasteiger partial charge in [0.2, 0.25) is 0 Å². The van der Waals surface area contributed by atoms with E-state index >= 15 is 0 Å². The van der Waals surface area contributed by atoms with E-state index in [9.17, 15) is 0 Å². The van der Waals surface area contributed by atoms with Gasteiger partial charge in [-0.2, -0.15) is 0 Å². The lowest BCUT2D eigenvalue weighted by Gasteiger charge is -2.19. The molecule has 1 aliphatic heterocycles. The SMILES string of the molecule is CCC1NC(C)=NC1C(C)C. The standard InChI is InChI=1S/C9H18N2/c1-5-8-9(6(2)3)11-7(4)10-8/h6,8-9H,5H2,1-4H3,(H,10,11). The zero-order chi connectivity index (χ0) is 8.43. The monoisotopic (exact) mass is 154 g/mol. The van der Waals surface area contributed by atoms with Crippen LogP contribution in [-0.2, 0) is 0 Å². The lowest BCUT2D eigenvalue weighted by atomic mass is 9.97. The summed E-state index contributed by atoms with van der Waals surface area (Å²) in [5, 5.41) is 3.38. The number of nitrogens with one attached hydrogen (secondary N) is 1. The number of amidine groups is 1. The van der Waals surface area contributed by atoms with E-state index in [-0.39, 0.29) is 0 Å². The Kier molecular flexibility index (Phi) is 2.53. The molecule has 2 nitrogen and oxygen atoms in total. The van der Waals surface area contributed by atoms with Crippen molar-refractivity contribution in [1.82, 2.24) is 5.32 Å². The molecule has 1 N–H and O–H groups in total. The van der Waals surface area contributed by atoms with Crippen LogP contribution in [0.15, 0.2) is 4.99 Å². The van der Waals surface area contributed by atoms with Crippen LogP contribution in [0.4, 0.5) is 0 Å². The second kappa shape index (κ2) is 3.24. The van der Waals surface area contributed by atoms with Crippen LogP contribution in [0.2, 0.25) is 0 Å². The van der Waals surface area contributed by atoms with Crippen molar-refractivity contribution < 1.29 is 0 Å². The van der Waals surface area contributed by atoms with Gasteiger partial charge in [0.25, 0.3) is 0 Å². The smallest absolute Gasteiger partial charge is 0.0939 e. The minimum Gasteiger partial charge on any atom is -0.369 e. The van der Waals surface area contributed by atoms with Crippen LogP contribution in [0.25, 0.3) is 0 Å².